The number of rotatable bonds is 16. The number of fused-ring (bicyclic) bond motifs is 4. The Hall–Kier alpha value is -7.76. The van der Waals surface area contributed by atoms with Crippen molar-refractivity contribution in [2.75, 3.05) is 65.6 Å². The Bertz CT molecular complexity index is 3150. The van der Waals surface area contributed by atoms with Gasteiger partial charge < -0.3 is 24.6 Å². The lowest BCUT2D eigenvalue weighted by Gasteiger charge is -2.36. The zero-order chi connectivity index (χ0) is 49.4. The number of nitrogens with zero attached hydrogens (tertiary/aromatic N) is 5. The first-order valence-corrected chi connectivity index (χ1v) is 23.6. The molecule has 3 heterocycles. The van der Waals surface area contributed by atoms with Gasteiger partial charge in [-0.2, -0.15) is 18.6 Å². The number of hydrogen-bond acceptors (Lipinski definition) is 9. The van der Waals surface area contributed by atoms with Crippen molar-refractivity contribution in [2.45, 2.75) is 25.7 Å². The molecule has 1 aliphatic carbocycles. The highest BCUT2D eigenvalue weighted by Gasteiger charge is 2.32. The van der Waals surface area contributed by atoms with Gasteiger partial charge in [-0.05, 0) is 69.6 Å². The molecule has 0 spiro atoms. The summed E-state index contributed by atoms with van der Waals surface area (Å²) < 4.78 is 42.1. The fourth-order valence-corrected chi connectivity index (χ4v) is 9.19. The van der Waals surface area contributed by atoms with Crippen molar-refractivity contribution < 1.29 is 37.4 Å². The molecule has 0 saturated carbocycles. The summed E-state index contributed by atoms with van der Waals surface area (Å²) in [6, 6.07) is 36.2. The molecule has 0 unspecified atom stereocenters. The minimum absolute atomic E-state index is 0. The predicted molar refractivity (Wildman–Crippen MR) is 273 cm³/mol. The molecule has 0 atom stereocenters. The minimum Gasteiger partial charge on any atom is -0.448 e. The SMILES string of the molecule is CCc1cccc(-c2cnc(C(=O)NCCOCCN(CC(=O)N3CCN(C(=O)c4cc(Cc5n[nH]c(=O)c6ccccc56)ccc4F)CC3)C(=O)OCC3c4ccccc4-c4ccccc43)c(F)c2)c1.S. The fourth-order valence-electron chi connectivity index (χ4n) is 9.19. The molecular weight excluding hydrogens is 941 g/mol. The molecule has 17 heteroatoms. The molecular formula is C55H53F2N7O7S. The van der Waals surface area contributed by atoms with Gasteiger partial charge in [0.05, 0.1) is 29.9 Å². The van der Waals surface area contributed by atoms with Crippen LogP contribution in [0, 0.1) is 11.6 Å². The number of H-pyrrole nitrogens is 1. The van der Waals surface area contributed by atoms with Crippen LogP contribution in [-0.4, -0.2) is 119 Å². The summed E-state index contributed by atoms with van der Waals surface area (Å²) >= 11 is 0. The van der Waals surface area contributed by atoms with Gasteiger partial charge in [0, 0.05) is 68.8 Å². The number of piperazine rings is 1. The minimum atomic E-state index is -0.759. The highest BCUT2D eigenvalue weighted by molar-refractivity contribution is 7.59. The third-order valence-corrected chi connectivity index (χ3v) is 13.0. The predicted octanol–water partition coefficient (Wildman–Crippen LogP) is 7.51. The molecule has 72 heavy (non-hydrogen) atoms. The molecule has 4 amide bonds. The normalized spacial score (nSPS) is 13.0. The Morgan fingerprint density at radius 2 is 1.46 bits per heavy atom. The first-order chi connectivity index (χ1) is 34.6. The summed E-state index contributed by atoms with van der Waals surface area (Å²) in [7, 11) is 0. The summed E-state index contributed by atoms with van der Waals surface area (Å²) in [6.45, 7) is 2.20. The molecule has 7 aromatic rings. The zero-order valence-electron chi connectivity index (χ0n) is 39.5. The largest absolute Gasteiger partial charge is 0.448 e. The van der Waals surface area contributed by atoms with Crippen LogP contribution in [0.15, 0.2) is 132 Å². The quantitative estimate of drug-likeness (QED) is 0.0932. The van der Waals surface area contributed by atoms with Crippen LogP contribution in [0.5, 0.6) is 0 Å². The van der Waals surface area contributed by atoms with Gasteiger partial charge in [0.2, 0.25) is 5.91 Å². The third kappa shape index (κ3) is 11.2. The smallest absolute Gasteiger partial charge is 0.410 e. The van der Waals surface area contributed by atoms with Gasteiger partial charge in [-0.3, -0.25) is 24.1 Å². The molecule has 9 rings (SSSR count). The van der Waals surface area contributed by atoms with Crippen LogP contribution in [0.25, 0.3) is 33.0 Å². The molecule has 14 nitrogen and oxygen atoms in total. The maximum Gasteiger partial charge on any atom is 0.410 e. The number of aromatic amines is 1. The number of benzene rings is 5. The summed E-state index contributed by atoms with van der Waals surface area (Å²) in [5.41, 5.74) is 7.03. The zero-order valence-corrected chi connectivity index (χ0v) is 40.5. The summed E-state index contributed by atoms with van der Waals surface area (Å²) in [6.07, 6.45) is 1.80. The van der Waals surface area contributed by atoms with Crippen LogP contribution in [-0.2, 0) is 27.1 Å². The number of amides is 4. The van der Waals surface area contributed by atoms with E-state index in [1.807, 2.05) is 79.7 Å². The monoisotopic (exact) mass is 993 g/mol. The van der Waals surface area contributed by atoms with E-state index < -0.39 is 29.5 Å². The molecule has 2 aromatic heterocycles. The van der Waals surface area contributed by atoms with E-state index in [1.54, 1.807) is 35.2 Å². The van der Waals surface area contributed by atoms with Gasteiger partial charge >= 0.3 is 6.09 Å². The van der Waals surface area contributed by atoms with Crippen LogP contribution in [0.2, 0.25) is 0 Å². The van der Waals surface area contributed by atoms with Crippen LogP contribution < -0.4 is 10.9 Å². The number of carbonyl (C=O) groups excluding carboxylic acids is 4. The van der Waals surface area contributed by atoms with E-state index in [0.29, 0.717) is 27.6 Å². The number of aromatic nitrogens is 3. The second-order valence-electron chi connectivity index (χ2n) is 17.4. The van der Waals surface area contributed by atoms with E-state index in [1.165, 1.54) is 34.2 Å². The van der Waals surface area contributed by atoms with Crippen molar-refractivity contribution in [3.05, 3.63) is 189 Å². The van der Waals surface area contributed by atoms with Gasteiger partial charge in [-0.25, -0.2) is 23.7 Å². The lowest BCUT2D eigenvalue weighted by molar-refractivity contribution is -0.133. The number of halogens is 2. The Morgan fingerprint density at radius 3 is 2.18 bits per heavy atom. The van der Waals surface area contributed by atoms with Gasteiger partial charge in [0.1, 0.15) is 19.0 Å². The molecule has 0 radical (unpaired) electrons. The molecule has 1 aliphatic heterocycles. The number of aryl methyl sites for hydroxylation is 1. The highest BCUT2D eigenvalue weighted by Crippen LogP contribution is 2.44. The van der Waals surface area contributed by atoms with Gasteiger partial charge in [0.25, 0.3) is 17.4 Å². The lowest BCUT2D eigenvalue weighted by atomic mass is 9.98. The van der Waals surface area contributed by atoms with Crippen molar-refractivity contribution in [2.24, 2.45) is 0 Å². The summed E-state index contributed by atoms with van der Waals surface area (Å²) in [4.78, 5) is 75.2. The van der Waals surface area contributed by atoms with Crippen molar-refractivity contribution in [3.63, 3.8) is 0 Å². The number of hydrogen-bond donors (Lipinski definition) is 2. The van der Waals surface area contributed by atoms with E-state index in [2.05, 4.69) is 20.5 Å². The lowest BCUT2D eigenvalue weighted by Crippen LogP contribution is -2.53. The first-order valence-electron chi connectivity index (χ1n) is 23.6. The van der Waals surface area contributed by atoms with Crippen molar-refractivity contribution in [1.82, 2.24) is 35.2 Å². The number of carbonyl (C=O) groups is 4. The Morgan fingerprint density at radius 1 is 0.764 bits per heavy atom. The van der Waals surface area contributed by atoms with Crippen LogP contribution in [0.4, 0.5) is 13.6 Å². The summed E-state index contributed by atoms with van der Waals surface area (Å²) in [5.74, 6) is -3.29. The molecule has 0 bridgehead atoms. The molecule has 370 valence electrons. The van der Waals surface area contributed by atoms with Gasteiger partial charge in [-0.15, -0.1) is 0 Å². The molecule has 2 N–H and O–H groups in total. The summed E-state index contributed by atoms with van der Waals surface area (Å²) in [5, 5.41) is 10.5. The van der Waals surface area contributed by atoms with E-state index in [-0.39, 0.29) is 114 Å². The molecule has 1 fully saturated rings. The first kappa shape index (κ1) is 50.6. The highest BCUT2D eigenvalue weighted by atomic mass is 32.1. The van der Waals surface area contributed by atoms with Crippen LogP contribution in [0.3, 0.4) is 0 Å². The second kappa shape index (κ2) is 23.0. The average molecular weight is 994 g/mol. The second-order valence-corrected chi connectivity index (χ2v) is 17.4. The number of ether oxygens (including phenoxy) is 2. The van der Waals surface area contributed by atoms with E-state index in [4.69, 9.17) is 9.47 Å². The fraction of sp³-hybridized carbons (Fsp3) is 0.255. The van der Waals surface area contributed by atoms with Crippen LogP contribution in [0.1, 0.15) is 61.6 Å². The van der Waals surface area contributed by atoms with Crippen molar-refractivity contribution in [3.8, 4) is 22.3 Å². The Labute approximate surface area is 421 Å². The standard InChI is InChI=1S/C55H51F2N7O7.H2S/c1-2-35-10-9-11-37(28-35)38-31-48(57)51(59-32-38)53(67)58-20-26-70-27-25-64(55(69)71-34-46-41-14-5-3-12-39(41)40-13-4-6-15-42(40)46)33-50(65)62-21-23-63(24-22-62)54(68)45-29-36(18-19-47(45)56)30-49-43-16-7-8-17-44(43)52(66)61-60-49;/h3-19,28-29,31-32,46H,2,20-27,30,33-34H2,1H3,(H,58,67)(H,61,66);1H2. The van der Waals surface area contributed by atoms with Gasteiger partial charge in [-0.1, -0.05) is 104 Å². The third-order valence-electron chi connectivity index (χ3n) is 13.0. The molecule has 1 saturated heterocycles. The Balaban J connectivity index is 0.00000693. The van der Waals surface area contributed by atoms with Crippen molar-refractivity contribution in [1.29, 1.82) is 0 Å². The Kier molecular flexibility index (Phi) is 16.2. The number of nitrogens with one attached hydrogen (secondary N) is 2. The van der Waals surface area contributed by atoms with E-state index in [9.17, 15) is 24.0 Å². The van der Waals surface area contributed by atoms with Gasteiger partial charge in [0.15, 0.2) is 11.5 Å². The number of pyridine rings is 1. The van der Waals surface area contributed by atoms with E-state index in [0.717, 1.165) is 39.8 Å². The van der Waals surface area contributed by atoms with Crippen molar-refractivity contribution >= 4 is 48.1 Å². The molecule has 5 aromatic carbocycles. The van der Waals surface area contributed by atoms with E-state index >= 15 is 8.78 Å². The maximum atomic E-state index is 15.3. The maximum absolute atomic E-state index is 15.3. The average Bonchev–Trinajstić information content (AvgIpc) is 3.72. The van der Waals surface area contributed by atoms with Crippen LogP contribution >= 0.6 is 13.5 Å². The molecule has 2 aliphatic rings. The topological polar surface area (TPSA) is 167 Å².